The normalized spacial score (nSPS) is 20.3. The van der Waals surface area contributed by atoms with Gasteiger partial charge < -0.3 is 52.5 Å². The second kappa shape index (κ2) is 27.3. The number of aliphatic hydroxyl groups excluding tert-OH is 1. The van der Waals surface area contributed by atoms with Crippen molar-refractivity contribution in [2.24, 2.45) is 0 Å². The summed E-state index contributed by atoms with van der Waals surface area (Å²) in [5, 5.41) is 13.4. The van der Waals surface area contributed by atoms with E-state index in [-0.39, 0.29) is 33.0 Å². The van der Waals surface area contributed by atoms with E-state index in [9.17, 15) is 5.11 Å². The molecule has 412 valence electrons. The molecule has 11 nitrogen and oxygen atoms in total. The maximum Gasteiger partial charge on any atom is 0.187 e. The molecule has 0 aliphatic carbocycles. The van der Waals surface area contributed by atoms with E-state index in [1.54, 1.807) is 12.1 Å². The van der Waals surface area contributed by atoms with Crippen LogP contribution in [-0.2, 0) is 69.9 Å². The Bertz CT molecular complexity index is 3320. The Morgan fingerprint density at radius 1 is 0.370 bits per heavy atom. The van der Waals surface area contributed by atoms with Crippen LogP contribution in [0.15, 0.2) is 243 Å². The number of hydrogen-bond acceptors (Lipinski definition) is 11. The molecular weight excluding hydrogens is 1020 g/mol. The van der Waals surface area contributed by atoms with Crippen LogP contribution in [0.2, 0.25) is 0 Å². The van der Waals surface area contributed by atoms with E-state index in [4.69, 9.17) is 47.4 Å². The van der Waals surface area contributed by atoms with Crippen molar-refractivity contribution in [3.05, 3.63) is 293 Å². The first-order valence-corrected chi connectivity index (χ1v) is 27.6. The highest BCUT2D eigenvalue weighted by Gasteiger charge is 2.51. The van der Waals surface area contributed by atoms with Crippen LogP contribution < -0.4 is 23.7 Å². The van der Waals surface area contributed by atoms with Crippen molar-refractivity contribution in [1.29, 1.82) is 0 Å². The van der Waals surface area contributed by atoms with Crippen LogP contribution in [0.5, 0.6) is 28.7 Å². The van der Waals surface area contributed by atoms with Crippen molar-refractivity contribution in [1.82, 2.24) is 0 Å². The number of fused-ring (bicyclic) bond motifs is 1. The van der Waals surface area contributed by atoms with Gasteiger partial charge in [-0.3, -0.25) is 0 Å². The van der Waals surface area contributed by atoms with E-state index in [1.165, 1.54) is 0 Å². The van der Waals surface area contributed by atoms with Gasteiger partial charge in [-0.15, -0.1) is 0 Å². The first-order chi connectivity index (χ1) is 40.0. The van der Waals surface area contributed by atoms with E-state index in [1.807, 2.05) is 237 Å². The fraction of sp³-hybridized carbons (Fsp3) is 0.229. The molecule has 8 atom stereocenters. The quantitative estimate of drug-likeness (QED) is 0.0624. The molecule has 3 unspecified atom stereocenters. The molecule has 1 saturated heterocycles. The summed E-state index contributed by atoms with van der Waals surface area (Å²) in [4.78, 5) is 0. The van der Waals surface area contributed by atoms with Crippen LogP contribution >= 0.6 is 0 Å². The average molecular weight is 1080 g/mol. The highest BCUT2D eigenvalue weighted by atomic mass is 16.7. The van der Waals surface area contributed by atoms with Crippen LogP contribution in [0, 0.1) is 0 Å². The third-order valence-corrected chi connectivity index (χ3v) is 14.4. The lowest BCUT2D eigenvalue weighted by Crippen LogP contribution is -2.61. The summed E-state index contributed by atoms with van der Waals surface area (Å²) >= 11 is 0. The summed E-state index contributed by atoms with van der Waals surface area (Å²) < 4.78 is 68.8. The van der Waals surface area contributed by atoms with Gasteiger partial charge in [0.1, 0.15) is 74.2 Å². The maximum atomic E-state index is 13.4. The number of aliphatic hydroxyl groups is 1. The average Bonchev–Trinajstić information content (AvgIpc) is 3.61. The summed E-state index contributed by atoms with van der Waals surface area (Å²) in [5.74, 6) is 2.20. The molecule has 0 radical (unpaired) electrons. The fourth-order valence-corrected chi connectivity index (χ4v) is 10.1. The topological polar surface area (TPSA) is 113 Å². The van der Waals surface area contributed by atoms with Crippen LogP contribution in [-0.4, -0.2) is 41.9 Å². The number of hydrogen-bond donors (Lipinski definition) is 1. The molecule has 81 heavy (non-hydrogen) atoms. The van der Waals surface area contributed by atoms with Crippen molar-refractivity contribution >= 4 is 0 Å². The number of rotatable bonds is 24. The Kier molecular flexibility index (Phi) is 18.4. The molecule has 2 aliphatic heterocycles. The Hall–Kier alpha value is -8.26. The van der Waals surface area contributed by atoms with Crippen molar-refractivity contribution in [2.45, 2.75) is 102 Å². The van der Waals surface area contributed by atoms with Crippen molar-refractivity contribution in [3.8, 4) is 28.7 Å². The highest BCUT2D eigenvalue weighted by Crippen LogP contribution is 2.51. The summed E-state index contributed by atoms with van der Waals surface area (Å²) in [7, 11) is 0. The van der Waals surface area contributed by atoms with Gasteiger partial charge in [-0.1, -0.05) is 218 Å². The summed E-state index contributed by atoms with van der Waals surface area (Å²) in [6.45, 7) is 3.77. The SMILES string of the molecule is CC1O[C@@H](O[C@H]2C(O)c3c(OCc4ccccc4)cc(OCc4ccccc4)cc3O[C@@H]2c2ccc(OCc3ccccc3)c(OCc3ccccc3)c2)C(OCc2ccccc2)[C@H](OCc2ccccc2)[C@H]1OCc1ccccc1. The van der Waals surface area contributed by atoms with Gasteiger partial charge in [-0.2, -0.15) is 0 Å². The van der Waals surface area contributed by atoms with Gasteiger partial charge in [0.25, 0.3) is 0 Å². The van der Waals surface area contributed by atoms with Gasteiger partial charge in [0.05, 0.1) is 31.5 Å². The minimum Gasteiger partial charge on any atom is -0.489 e. The van der Waals surface area contributed by atoms with Crippen LogP contribution in [0.4, 0.5) is 0 Å². The molecule has 0 amide bonds. The van der Waals surface area contributed by atoms with E-state index >= 15 is 0 Å². The molecule has 11 heteroatoms. The lowest BCUT2D eigenvalue weighted by Gasteiger charge is -2.47. The van der Waals surface area contributed by atoms with Crippen molar-refractivity contribution < 1.29 is 52.5 Å². The Morgan fingerprint density at radius 3 is 1.23 bits per heavy atom. The van der Waals surface area contributed by atoms with Gasteiger partial charge in [-0.05, 0) is 63.6 Å². The lowest BCUT2D eigenvalue weighted by atomic mass is 9.90. The molecule has 9 aromatic carbocycles. The van der Waals surface area contributed by atoms with Gasteiger partial charge in [-0.25, -0.2) is 0 Å². The Morgan fingerprint density at radius 2 is 0.765 bits per heavy atom. The minimum absolute atomic E-state index is 0.200. The monoisotopic (exact) mass is 1080 g/mol. The molecule has 0 saturated carbocycles. The molecule has 2 aliphatic rings. The Labute approximate surface area is 474 Å². The number of benzene rings is 9. The predicted octanol–water partition coefficient (Wildman–Crippen LogP) is 14.1. The van der Waals surface area contributed by atoms with Gasteiger partial charge in [0, 0.05) is 12.1 Å². The zero-order valence-corrected chi connectivity index (χ0v) is 45.2. The lowest BCUT2D eigenvalue weighted by molar-refractivity contribution is -0.340. The summed E-state index contributed by atoms with van der Waals surface area (Å²) in [6.07, 6.45) is -7.51. The Balaban J connectivity index is 1.00. The smallest absolute Gasteiger partial charge is 0.187 e. The summed E-state index contributed by atoms with van der Waals surface area (Å²) in [6, 6.07) is 79.0. The highest BCUT2D eigenvalue weighted by molar-refractivity contribution is 5.55. The molecule has 1 fully saturated rings. The number of ether oxygens (including phenoxy) is 10. The third-order valence-electron chi connectivity index (χ3n) is 14.4. The van der Waals surface area contributed by atoms with Crippen molar-refractivity contribution in [3.63, 3.8) is 0 Å². The van der Waals surface area contributed by atoms with Gasteiger partial charge >= 0.3 is 0 Å². The summed E-state index contributed by atoms with van der Waals surface area (Å²) in [5.41, 5.74) is 7.82. The molecule has 11 rings (SSSR count). The molecule has 2 heterocycles. The standard InChI is InChI=1S/C70H66O11/c1-49-65(76-46-54-31-17-6-18-32-54)68(77-47-55-33-19-7-20-34-55)69(78-48-56-35-21-8-22-36-56)70(79-49)81-67-64(71)63-61(75-45-53-29-15-5-16-30-53)40-58(72-42-50-23-9-2-10-24-50)41-62(63)80-66(67)57-37-38-59(73-43-51-25-11-3-12-26-51)60(39-57)74-44-52-27-13-4-14-28-52/h2-41,49,64-71H,42-48H2,1H3/t49?,64?,65-,66+,67-,68+,69?,70-/m0/s1. The largest absolute Gasteiger partial charge is 0.489 e. The molecule has 0 bridgehead atoms. The van der Waals surface area contributed by atoms with Crippen LogP contribution in [0.25, 0.3) is 0 Å². The van der Waals surface area contributed by atoms with Crippen molar-refractivity contribution in [2.75, 3.05) is 0 Å². The first-order valence-electron chi connectivity index (χ1n) is 27.6. The molecule has 0 aromatic heterocycles. The van der Waals surface area contributed by atoms with E-state index in [0.29, 0.717) is 53.1 Å². The van der Waals surface area contributed by atoms with E-state index in [0.717, 1.165) is 38.9 Å². The first kappa shape index (κ1) is 54.7. The van der Waals surface area contributed by atoms with Gasteiger partial charge in [0.2, 0.25) is 0 Å². The molecule has 0 spiro atoms. The zero-order chi connectivity index (χ0) is 55.0. The van der Waals surface area contributed by atoms with Crippen LogP contribution in [0.1, 0.15) is 69.2 Å². The van der Waals surface area contributed by atoms with Crippen LogP contribution in [0.3, 0.4) is 0 Å². The molecule has 1 N–H and O–H groups in total. The maximum absolute atomic E-state index is 13.4. The minimum atomic E-state index is -1.38. The molecular formula is C70H66O11. The van der Waals surface area contributed by atoms with E-state index < -0.39 is 49.0 Å². The second-order valence-electron chi connectivity index (χ2n) is 20.2. The van der Waals surface area contributed by atoms with E-state index in [2.05, 4.69) is 0 Å². The molecule has 9 aromatic rings. The third kappa shape index (κ3) is 14.4. The zero-order valence-electron chi connectivity index (χ0n) is 45.2. The van der Waals surface area contributed by atoms with Gasteiger partial charge in [0.15, 0.2) is 23.9 Å². The fourth-order valence-electron chi connectivity index (χ4n) is 10.1. The predicted molar refractivity (Wildman–Crippen MR) is 309 cm³/mol. The second-order valence-corrected chi connectivity index (χ2v) is 20.2.